The molecule has 0 radical (unpaired) electrons. The van der Waals surface area contributed by atoms with Crippen LogP contribution in [0.2, 0.25) is 0 Å². The molecule has 0 aromatic heterocycles. The summed E-state index contributed by atoms with van der Waals surface area (Å²) in [6, 6.07) is 0. The van der Waals surface area contributed by atoms with E-state index in [0.29, 0.717) is 0 Å². The minimum atomic E-state index is -1.56. The molecule has 0 bridgehead atoms. The number of alkyl halides is 1. The Morgan fingerprint density at radius 2 is 2.29 bits per heavy atom. The lowest BCUT2D eigenvalue weighted by atomic mass is 9.92. The van der Waals surface area contributed by atoms with Gasteiger partial charge in [0, 0.05) is 5.92 Å². The van der Waals surface area contributed by atoms with Crippen LogP contribution in [0.1, 0.15) is 6.92 Å². The maximum absolute atomic E-state index is 14.1. The number of aliphatic hydroxyl groups excluding tert-OH is 2. The molecule has 116 valence electrons. The average Bonchev–Trinajstić information content (AvgIpc) is 2.47. The summed E-state index contributed by atoms with van der Waals surface area (Å²) in [6.07, 6.45) is -2.38. The van der Waals surface area contributed by atoms with Gasteiger partial charge in [0.05, 0.1) is 12.3 Å². The molecule has 0 aromatic carbocycles. The summed E-state index contributed by atoms with van der Waals surface area (Å²) in [7, 11) is 0. The molecule has 0 aliphatic carbocycles. The third kappa shape index (κ3) is 3.29. The van der Waals surface area contributed by atoms with Crippen LogP contribution in [-0.4, -0.2) is 64.3 Å². The molecule has 1 fully saturated rings. The first kappa shape index (κ1) is 16.0. The number of hydrazone groups is 1. The predicted octanol–water partition coefficient (Wildman–Crippen LogP) is 0.477. The van der Waals surface area contributed by atoms with E-state index < -0.39 is 37.1 Å². The van der Waals surface area contributed by atoms with Crippen LogP contribution in [0.5, 0.6) is 0 Å². The van der Waals surface area contributed by atoms with Crippen LogP contribution in [0, 0.1) is 5.92 Å². The van der Waals surface area contributed by atoms with Crippen molar-refractivity contribution in [3.05, 3.63) is 12.3 Å². The van der Waals surface area contributed by atoms with Crippen LogP contribution >= 0.6 is 11.6 Å². The number of aliphatic imine (C=N–C) groups is 2. The average molecular weight is 319 g/mol. The van der Waals surface area contributed by atoms with Crippen molar-refractivity contribution < 1.29 is 19.3 Å². The Kier molecular flexibility index (Phi) is 5.04. The van der Waals surface area contributed by atoms with Crippen molar-refractivity contribution in [3.8, 4) is 0 Å². The highest BCUT2D eigenvalue weighted by molar-refractivity contribution is 6.70. The molecule has 21 heavy (non-hydrogen) atoms. The quantitative estimate of drug-likeness (QED) is 0.775. The molecule has 1 saturated heterocycles. The van der Waals surface area contributed by atoms with Gasteiger partial charge in [-0.2, -0.15) is 5.10 Å². The minimum Gasteiger partial charge on any atom is -0.394 e. The molecular formula is C12H16ClFN4O3. The maximum Gasteiger partial charge on any atom is 0.157 e. The van der Waals surface area contributed by atoms with Gasteiger partial charge in [-0.3, -0.25) is 0 Å². The molecule has 7 nitrogen and oxygen atoms in total. The fourth-order valence-electron chi connectivity index (χ4n) is 2.07. The van der Waals surface area contributed by atoms with Crippen LogP contribution in [0.3, 0.4) is 0 Å². The van der Waals surface area contributed by atoms with Gasteiger partial charge in [0.25, 0.3) is 0 Å². The molecule has 2 heterocycles. The summed E-state index contributed by atoms with van der Waals surface area (Å²) in [4.78, 5) is 7.75. The van der Waals surface area contributed by atoms with Gasteiger partial charge in [-0.1, -0.05) is 25.1 Å². The Hall–Kier alpha value is -1.35. The van der Waals surface area contributed by atoms with E-state index in [1.807, 2.05) is 0 Å². The number of aliphatic hydroxyl groups is 2. The summed E-state index contributed by atoms with van der Waals surface area (Å²) in [6.45, 7) is 4.67. The van der Waals surface area contributed by atoms with Gasteiger partial charge in [0.15, 0.2) is 11.4 Å². The molecule has 0 aromatic rings. The number of nitrogens with zero attached hydrogens (tertiary/aromatic N) is 4. The monoisotopic (exact) mass is 318 g/mol. The van der Waals surface area contributed by atoms with Gasteiger partial charge < -0.3 is 14.9 Å². The van der Waals surface area contributed by atoms with E-state index in [9.17, 15) is 9.50 Å². The van der Waals surface area contributed by atoms with Gasteiger partial charge >= 0.3 is 0 Å². The third-order valence-corrected chi connectivity index (χ3v) is 3.66. The lowest BCUT2D eigenvalue weighted by Gasteiger charge is -2.42. The van der Waals surface area contributed by atoms with Crippen molar-refractivity contribution in [1.29, 1.82) is 0 Å². The van der Waals surface area contributed by atoms with Crippen molar-refractivity contribution in [2.75, 3.05) is 6.61 Å². The van der Waals surface area contributed by atoms with Gasteiger partial charge in [-0.05, 0) is 0 Å². The summed E-state index contributed by atoms with van der Waals surface area (Å²) in [5.41, 5.74) is 0.229. The highest BCUT2D eigenvalue weighted by Crippen LogP contribution is 2.30. The second-order valence-corrected chi connectivity index (χ2v) is 5.12. The molecule has 5 atom stereocenters. The summed E-state index contributed by atoms with van der Waals surface area (Å²) < 4.78 is 19.6. The zero-order chi connectivity index (χ0) is 15.6. The first-order chi connectivity index (χ1) is 9.95. The minimum absolute atomic E-state index is 0.0966. The molecule has 2 rings (SSSR count). The smallest absolute Gasteiger partial charge is 0.157 e. The largest absolute Gasteiger partial charge is 0.394 e. The number of hydrogen-bond acceptors (Lipinski definition) is 7. The van der Waals surface area contributed by atoms with E-state index in [4.69, 9.17) is 21.4 Å². The molecule has 0 amide bonds. The van der Waals surface area contributed by atoms with Crippen molar-refractivity contribution >= 4 is 29.4 Å². The third-order valence-electron chi connectivity index (χ3n) is 3.34. The van der Waals surface area contributed by atoms with Crippen molar-refractivity contribution in [2.24, 2.45) is 21.0 Å². The van der Waals surface area contributed by atoms with E-state index in [0.717, 1.165) is 0 Å². The van der Waals surface area contributed by atoms with E-state index in [1.54, 1.807) is 6.92 Å². The van der Waals surface area contributed by atoms with E-state index in [2.05, 4.69) is 21.7 Å². The second-order valence-electron chi connectivity index (χ2n) is 4.76. The molecular weight excluding hydrogens is 303 g/mol. The maximum atomic E-state index is 14.1. The second kappa shape index (κ2) is 6.61. The van der Waals surface area contributed by atoms with Crippen molar-refractivity contribution in [3.63, 3.8) is 0 Å². The summed E-state index contributed by atoms with van der Waals surface area (Å²) in [5, 5.41) is 24.2. The SMILES string of the molecule is C=C1/N=C\N([C@@H]2O[C@H](CO)C(O)C(F)C2C)/N=C\N=C/1Cl. The Balaban J connectivity index is 2.24. The fourth-order valence-corrected chi connectivity index (χ4v) is 2.16. The number of halogens is 2. The lowest BCUT2D eigenvalue weighted by molar-refractivity contribution is -0.217. The first-order valence-electron chi connectivity index (χ1n) is 6.31. The Morgan fingerprint density at radius 3 is 2.95 bits per heavy atom. The zero-order valence-electron chi connectivity index (χ0n) is 11.3. The standard InChI is InChI=1S/C12H16ClFN4O3/c1-6-9(14)10(20)8(3-19)21-12(6)18-5-16-7(2)11(13)15-4-17-18/h4-6,8-10,12,19-20H,2-3H2,1H3/b15-11+,16-5-,17-4-/t6?,8-,9?,10?,12-/m1/s1. The molecule has 2 N–H and O–H groups in total. The van der Waals surface area contributed by atoms with Gasteiger partial charge in [0.1, 0.15) is 31.1 Å². The van der Waals surface area contributed by atoms with E-state index >= 15 is 0 Å². The molecule has 3 unspecified atom stereocenters. The number of rotatable bonds is 2. The first-order valence-corrected chi connectivity index (χ1v) is 6.69. The van der Waals surface area contributed by atoms with Crippen LogP contribution in [0.25, 0.3) is 0 Å². The Bertz CT molecular complexity index is 497. The summed E-state index contributed by atoms with van der Waals surface area (Å²) >= 11 is 5.76. The molecule has 2 aliphatic heterocycles. The van der Waals surface area contributed by atoms with Gasteiger partial charge in [-0.15, -0.1) is 0 Å². The van der Waals surface area contributed by atoms with Crippen molar-refractivity contribution in [1.82, 2.24) is 5.01 Å². The highest BCUT2D eigenvalue weighted by atomic mass is 35.5. The van der Waals surface area contributed by atoms with Crippen LogP contribution in [0.4, 0.5) is 4.39 Å². The van der Waals surface area contributed by atoms with E-state index in [-0.39, 0.29) is 10.9 Å². The van der Waals surface area contributed by atoms with Gasteiger partial charge in [0.2, 0.25) is 0 Å². The summed E-state index contributed by atoms with van der Waals surface area (Å²) in [5.74, 6) is -0.696. The number of hydrogen-bond donors (Lipinski definition) is 2. The van der Waals surface area contributed by atoms with Crippen LogP contribution in [-0.2, 0) is 4.74 Å². The highest BCUT2D eigenvalue weighted by Gasteiger charge is 2.45. The molecule has 9 heteroatoms. The Morgan fingerprint density at radius 1 is 1.57 bits per heavy atom. The topological polar surface area (TPSA) is 90.0 Å². The van der Waals surface area contributed by atoms with Gasteiger partial charge in [-0.25, -0.2) is 19.4 Å². The van der Waals surface area contributed by atoms with Crippen molar-refractivity contribution in [2.45, 2.75) is 31.5 Å². The zero-order valence-corrected chi connectivity index (χ0v) is 12.1. The Labute approximate surface area is 126 Å². The van der Waals surface area contributed by atoms with E-state index in [1.165, 1.54) is 17.7 Å². The normalized spacial score (nSPS) is 42.7. The van der Waals surface area contributed by atoms with Crippen LogP contribution in [0.15, 0.2) is 27.4 Å². The number of ether oxygens (including phenoxy) is 1. The fraction of sp³-hybridized carbons (Fsp3) is 0.583. The predicted molar refractivity (Wildman–Crippen MR) is 77.1 cm³/mol. The molecule has 0 spiro atoms. The lowest BCUT2D eigenvalue weighted by Crippen LogP contribution is -2.57. The molecule has 2 aliphatic rings. The molecule has 0 saturated carbocycles. The number of allylic oxidation sites excluding steroid dienone is 1. The van der Waals surface area contributed by atoms with Crippen LogP contribution < -0.4 is 0 Å².